The van der Waals surface area contributed by atoms with E-state index in [1.54, 1.807) is 15.8 Å². The number of hydrogen-bond acceptors (Lipinski definition) is 6. The SMILES string of the molecule is CCC12CCCCCN1c1nc(-n3ncnc3-c3ccccc3)ncc1N(C)C2=O. The summed E-state index contributed by atoms with van der Waals surface area (Å²) in [4.78, 5) is 31.2. The van der Waals surface area contributed by atoms with Gasteiger partial charge >= 0.3 is 0 Å². The van der Waals surface area contributed by atoms with Gasteiger partial charge in [0, 0.05) is 19.2 Å². The van der Waals surface area contributed by atoms with Crippen molar-refractivity contribution in [2.75, 3.05) is 23.4 Å². The van der Waals surface area contributed by atoms with Crippen LogP contribution in [0.25, 0.3) is 17.3 Å². The van der Waals surface area contributed by atoms with Crippen molar-refractivity contribution in [3.05, 3.63) is 42.9 Å². The monoisotopic (exact) mass is 403 g/mol. The number of nitrogens with zero attached hydrogens (tertiary/aromatic N) is 7. The Hall–Kier alpha value is -3.29. The van der Waals surface area contributed by atoms with Crippen LogP contribution in [0.2, 0.25) is 0 Å². The van der Waals surface area contributed by atoms with Crippen molar-refractivity contribution in [2.45, 2.75) is 44.6 Å². The molecule has 30 heavy (non-hydrogen) atoms. The Labute approximate surface area is 175 Å². The summed E-state index contributed by atoms with van der Waals surface area (Å²) in [5.74, 6) is 2.09. The molecule has 0 N–H and O–H groups in total. The van der Waals surface area contributed by atoms with Gasteiger partial charge in [-0.15, -0.1) is 0 Å². The molecular formula is C22H25N7O. The van der Waals surface area contributed by atoms with E-state index in [9.17, 15) is 4.79 Å². The van der Waals surface area contributed by atoms with Gasteiger partial charge < -0.3 is 9.80 Å². The van der Waals surface area contributed by atoms with Crippen LogP contribution in [-0.2, 0) is 4.79 Å². The van der Waals surface area contributed by atoms with Gasteiger partial charge in [-0.1, -0.05) is 50.1 Å². The maximum atomic E-state index is 13.4. The Kier molecular flexibility index (Phi) is 4.49. The van der Waals surface area contributed by atoms with Crippen LogP contribution in [0.15, 0.2) is 42.9 Å². The van der Waals surface area contributed by atoms with E-state index in [1.807, 2.05) is 37.4 Å². The van der Waals surface area contributed by atoms with Crippen LogP contribution in [0.5, 0.6) is 0 Å². The number of anilines is 2. The number of carbonyl (C=O) groups excluding carboxylic acids is 1. The molecule has 1 aromatic carbocycles. The maximum Gasteiger partial charge on any atom is 0.254 e. The second kappa shape index (κ2) is 7.19. The Morgan fingerprint density at radius 1 is 1.10 bits per heavy atom. The first-order valence-electron chi connectivity index (χ1n) is 10.5. The number of likely N-dealkylation sites (N-methyl/N-ethyl adjacent to an activating group) is 1. The summed E-state index contributed by atoms with van der Waals surface area (Å²) in [7, 11) is 1.83. The third-order valence-electron chi connectivity index (χ3n) is 6.40. The minimum Gasteiger partial charge on any atom is -0.340 e. The van der Waals surface area contributed by atoms with Gasteiger partial charge in [0.15, 0.2) is 11.6 Å². The highest BCUT2D eigenvalue weighted by molar-refractivity contribution is 6.07. The molecule has 5 rings (SSSR count). The van der Waals surface area contributed by atoms with Crippen LogP contribution in [0.3, 0.4) is 0 Å². The fraction of sp³-hybridized carbons (Fsp3) is 0.409. The topological polar surface area (TPSA) is 80.0 Å². The minimum absolute atomic E-state index is 0.140. The van der Waals surface area contributed by atoms with Gasteiger partial charge in [-0.05, 0) is 19.3 Å². The van der Waals surface area contributed by atoms with E-state index in [1.165, 1.54) is 6.33 Å². The van der Waals surface area contributed by atoms with Crippen molar-refractivity contribution in [1.29, 1.82) is 0 Å². The predicted octanol–water partition coefficient (Wildman–Crippen LogP) is 3.23. The molecule has 2 aliphatic heterocycles. The lowest BCUT2D eigenvalue weighted by Crippen LogP contribution is -2.62. The first kappa shape index (κ1) is 18.7. The minimum atomic E-state index is -0.533. The quantitative estimate of drug-likeness (QED) is 0.668. The van der Waals surface area contributed by atoms with Crippen LogP contribution < -0.4 is 9.80 Å². The standard InChI is InChI=1S/C22H25N7O/c1-3-22-12-8-5-9-13-28(22)19-17(27(2)20(22)30)14-23-21(26-19)29-18(24-15-25-29)16-10-6-4-7-11-16/h4,6-7,10-11,14-15H,3,5,8-9,12-13H2,1-2H3. The fourth-order valence-corrected chi connectivity index (χ4v) is 4.75. The van der Waals surface area contributed by atoms with Gasteiger partial charge in [0.05, 0.1) is 6.20 Å². The van der Waals surface area contributed by atoms with Gasteiger partial charge in [-0.2, -0.15) is 14.8 Å². The van der Waals surface area contributed by atoms with Crippen LogP contribution in [0.4, 0.5) is 11.5 Å². The first-order chi connectivity index (χ1) is 14.7. The molecule has 1 saturated heterocycles. The molecule has 0 radical (unpaired) electrons. The zero-order chi connectivity index (χ0) is 20.7. The normalized spacial score (nSPS) is 21.2. The summed E-state index contributed by atoms with van der Waals surface area (Å²) in [5, 5.41) is 4.39. The molecule has 1 atom stereocenters. The summed E-state index contributed by atoms with van der Waals surface area (Å²) in [5.41, 5.74) is 1.16. The van der Waals surface area contributed by atoms with Gasteiger partial charge in [-0.3, -0.25) is 4.79 Å². The van der Waals surface area contributed by atoms with E-state index in [0.717, 1.165) is 55.7 Å². The van der Waals surface area contributed by atoms with Crippen molar-refractivity contribution in [3.8, 4) is 17.3 Å². The van der Waals surface area contributed by atoms with E-state index in [2.05, 4.69) is 26.9 Å². The van der Waals surface area contributed by atoms with Crippen molar-refractivity contribution in [3.63, 3.8) is 0 Å². The van der Waals surface area contributed by atoms with Crippen molar-refractivity contribution in [2.24, 2.45) is 0 Å². The maximum absolute atomic E-state index is 13.4. The number of fused-ring (bicyclic) bond motifs is 3. The highest BCUT2D eigenvalue weighted by atomic mass is 16.2. The molecule has 4 heterocycles. The molecule has 2 aliphatic rings. The van der Waals surface area contributed by atoms with E-state index in [-0.39, 0.29) is 5.91 Å². The summed E-state index contributed by atoms with van der Waals surface area (Å²) in [6.45, 7) is 2.92. The van der Waals surface area contributed by atoms with Crippen molar-refractivity contribution >= 4 is 17.4 Å². The molecule has 154 valence electrons. The highest BCUT2D eigenvalue weighted by Gasteiger charge is 2.50. The van der Waals surface area contributed by atoms with Crippen molar-refractivity contribution < 1.29 is 4.79 Å². The summed E-state index contributed by atoms with van der Waals surface area (Å²) in [6.07, 6.45) is 8.09. The van der Waals surface area contributed by atoms with Gasteiger partial charge in [0.1, 0.15) is 17.6 Å². The smallest absolute Gasteiger partial charge is 0.254 e. The molecule has 0 bridgehead atoms. The lowest BCUT2D eigenvalue weighted by molar-refractivity contribution is -0.124. The molecule has 2 aromatic heterocycles. The molecule has 1 fully saturated rings. The van der Waals surface area contributed by atoms with E-state index in [0.29, 0.717) is 11.8 Å². The number of benzene rings is 1. The van der Waals surface area contributed by atoms with Crippen molar-refractivity contribution in [1.82, 2.24) is 24.7 Å². The van der Waals surface area contributed by atoms with Crippen LogP contribution >= 0.6 is 0 Å². The summed E-state index contributed by atoms with van der Waals surface area (Å²) in [6, 6.07) is 9.88. The van der Waals surface area contributed by atoms with Gasteiger partial charge in [0.25, 0.3) is 11.9 Å². The zero-order valence-electron chi connectivity index (χ0n) is 17.3. The van der Waals surface area contributed by atoms with Gasteiger partial charge in [-0.25, -0.2) is 9.97 Å². The average molecular weight is 403 g/mol. The number of hydrogen-bond donors (Lipinski definition) is 0. The first-order valence-corrected chi connectivity index (χ1v) is 10.5. The number of rotatable bonds is 3. The summed E-state index contributed by atoms with van der Waals surface area (Å²) >= 11 is 0. The van der Waals surface area contributed by atoms with Gasteiger partial charge in [0.2, 0.25) is 0 Å². The van der Waals surface area contributed by atoms with Crippen LogP contribution in [0.1, 0.15) is 39.0 Å². The van der Waals surface area contributed by atoms with Crippen LogP contribution in [-0.4, -0.2) is 49.8 Å². The third-order valence-corrected chi connectivity index (χ3v) is 6.40. The number of aromatic nitrogens is 5. The summed E-state index contributed by atoms with van der Waals surface area (Å²) < 4.78 is 1.66. The molecule has 0 saturated carbocycles. The molecule has 1 unspecified atom stereocenters. The largest absolute Gasteiger partial charge is 0.340 e. The van der Waals surface area contributed by atoms with Crippen LogP contribution in [0, 0.1) is 0 Å². The molecule has 8 nitrogen and oxygen atoms in total. The van der Waals surface area contributed by atoms with E-state index >= 15 is 0 Å². The lowest BCUT2D eigenvalue weighted by Gasteiger charge is -2.48. The Morgan fingerprint density at radius 3 is 2.73 bits per heavy atom. The Morgan fingerprint density at radius 2 is 1.93 bits per heavy atom. The molecule has 1 amide bonds. The second-order valence-corrected chi connectivity index (χ2v) is 7.95. The Balaban J connectivity index is 1.65. The third kappa shape index (κ3) is 2.70. The second-order valence-electron chi connectivity index (χ2n) is 7.95. The lowest BCUT2D eigenvalue weighted by atomic mass is 9.85. The molecule has 8 heteroatoms. The highest BCUT2D eigenvalue weighted by Crippen LogP contribution is 2.44. The van der Waals surface area contributed by atoms with E-state index in [4.69, 9.17) is 4.98 Å². The number of carbonyl (C=O) groups is 1. The van der Waals surface area contributed by atoms with E-state index < -0.39 is 5.54 Å². The predicted molar refractivity (Wildman–Crippen MR) is 115 cm³/mol. The molecule has 3 aromatic rings. The average Bonchev–Trinajstić information content (AvgIpc) is 3.18. The molecule has 0 spiro atoms. The fourth-order valence-electron chi connectivity index (χ4n) is 4.75. The molecular weight excluding hydrogens is 378 g/mol. The Bertz CT molecular complexity index is 1080. The zero-order valence-corrected chi connectivity index (χ0v) is 17.3. The molecule has 0 aliphatic carbocycles. The number of amides is 1.